The number of aliphatic hydroxyl groups is 1. The number of rotatable bonds is 33. The molecule has 0 spiro atoms. The Morgan fingerprint density at radius 1 is 0.597 bits per heavy atom. The van der Waals surface area contributed by atoms with Crippen molar-refractivity contribution in [3.63, 3.8) is 0 Å². The van der Waals surface area contributed by atoms with Crippen LogP contribution in [0.1, 0.15) is 110 Å². The minimum Gasteiger partial charge on any atom is -0.497 e. The molecule has 0 heterocycles. The number of methoxy groups -OCH3 is 4. The van der Waals surface area contributed by atoms with E-state index in [2.05, 4.69) is 67.7 Å². The first-order valence-corrected chi connectivity index (χ1v) is 31.1. The van der Waals surface area contributed by atoms with E-state index in [1.165, 1.54) is 13.2 Å². The Labute approximate surface area is 433 Å². The number of hydrogen-bond donors (Lipinski definition) is 1. The molecule has 6 atom stereocenters. The maximum atomic E-state index is 15.2. The molecule has 13 nitrogen and oxygen atoms in total. The van der Waals surface area contributed by atoms with Gasteiger partial charge in [0.25, 0.3) is 0 Å². The van der Waals surface area contributed by atoms with Crippen LogP contribution in [-0.4, -0.2) is 105 Å². The van der Waals surface area contributed by atoms with Crippen LogP contribution in [-0.2, 0) is 62.0 Å². The number of ketones is 2. The zero-order valence-corrected chi connectivity index (χ0v) is 48.2. The predicted molar refractivity (Wildman–Crippen MR) is 289 cm³/mol. The summed E-state index contributed by atoms with van der Waals surface area (Å²) < 4.78 is 54.2. The second-order valence-corrected chi connectivity index (χ2v) is 31.4. The standard InChI is InChI=1S/C57H88O13Si2/c1-41(19-26-45(58)35-46(59)36-50(17-16-18-54(61)65-11)66-38-42-20-27-47(62-8)28-21-42)53(70-72(14,15)57(5,6)7)37-51(60)55(68-40-44-24-31-49(64-10)32-25-44)52(33-34-69-71(12,13)56(2,3)4)67-39-43-22-29-48(63-9)30-23-43/h16,18,20-25,27-32,41,45,50,52-53,55,58H,17,19,26,33-40H2,1-15H3/b18-16+/t41-,45+,50+,52+,53-,55+/m1/s1. The minimum absolute atomic E-state index is 0.0165. The Hall–Kier alpha value is -4.20. The first kappa shape index (κ1) is 62.1. The highest BCUT2D eigenvalue weighted by Crippen LogP contribution is 2.40. The quantitative estimate of drug-likeness (QED) is 0.0350. The molecular formula is C57H88O13Si2. The monoisotopic (exact) mass is 1040 g/mol. The lowest BCUT2D eigenvalue weighted by atomic mass is 9.90. The molecule has 3 aromatic carbocycles. The number of carbonyl (C=O) groups is 3. The van der Waals surface area contributed by atoms with Crippen LogP contribution in [0.15, 0.2) is 84.9 Å². The van der Waals surface area contributed by atoms with E-state index in [0.717, 1.165) is 28.2 Å². The number of aliphatic hydroxyl groups excluding tert-OH is 1. The smallest absolute Gasteiger partial charge is 0.330 e. The van der Waals surface area contributed by atoms with Crippen LogP contribution in [0.2, 0.25) is 36.3 Å². The van der Waals surface area contributed by atoms with Gasteiger partial charge in [-0.1, -0.05) is 90.9 Å². The third-order valence-electron chi connectivity index (χ3n) is 14.2. The summed E-state index contributed by atoms with van der Waals surface area (Å²) in [6.45, 7) is 25.0. The molecule has 72 heavy (non-hydrogen) atoms. The van der Waals surface area contributed by atoms with Crippen LogP contribution >= 0.6 is 0 Å². The van der Waals surface area contributed by atoms with E-state index < -0.39 is 53.1 Å². The van der Waals surface area contributed by atoms with Crippen molar-refractivity contribution in [1.29, 1.82) is 0 Å². The number of esters is 1. The fraction of sp³-hybridized carbons (Fsp3) is 0.596. The second-order valence-electron chi connectivity index (χ2n) is 21.9. The Morgan fingerprint density at radius 3 is 1.53 bits per heavy atom. The average Bonchev–Trinajstić information content (AvgIpc) is 3.33. The van der Waals surface area contributed by atoms with Gasteiger partial charge in [-0.3, -0.25) is 9.59 Å². The molecule has 0 saturated carbocycles. The highest BCUT2D eigenvalue weighted by atomic mass is 28.4. The fourth-order valence-corrected chi connectivity index (χ4v) is 9.80. The molecule has 0 aliphatic rings. The lowest BCUT2D eigenvalue weighted by Gasteiger charge is -2.41. The molecule has 0 radical (unpaired) electrons. The molecule has 0 aliphatic carbocycles. The van der Waals surface area contributed by atoms with Crippen molar-refractivity contribution < 1.29 is 61.5 Å². The van der Waals surface area contributed by atoms with Gasteiger partial charge >= 0.3 is 5.97 Å². The topological polar surface area (TPSA) is 155 Å². The molecule has 0 aliphatic heterocycles. The summed E-state index contributed by atoms with van der Waals surface area (Å²) in [6, 6.07) is 22.7. The van der Waals surface area contributed by atoms with Crippen molar-refractivity contribution in [3.05, 3.63) is 102 Å². The largest absolute Gasteiger partial charge is 0.497 e. The molecule has 1 N–H and O–H groups in total. The molecule has 3 rings (SSSR count). The maximum absolute atomic E-state index is 15.2. The van der Waals surface area contributed by atoms with Gasteiger partial charge in [-0.05, 0) is 121 Å². The molecule has 402 valence electrons. The highest BCUT2D eigenvalue weighted by Gasteiger charge is 2.43. The van der Waals surface area contributed by atoms with Crippen LogP contribution in [0.25, 0.3) is 0 Å². The lowest BCUT2D eigenvalue weighted by molar-refractivity contribution is -0.149. The zero-order valence-electron chi connectivity index (χ0n) is 46.2. The van der Waals surface area contributed by atoms with E-state index in [9.17, 15) is 14.7 Å². The predicted octanol–water partition coefficient (Wildman–Crippen LogP) is 11.8. The molecule has 15 heteroatoms. The third-order valence-corrected chi connectivity index (χ3v) is 23.2. The fourth-order valence-electron chi connectivity index (χ4n) is 7.31. The van der Waals surface area contributed by atoms with Crippen molar-refractivity contribution in [3.8, 4) is 17.2 Å². The summed E-state index contributed by atoms with van der Waals surface area (Å²) >= 11 is 0. The SMILES string of the molecule is COC(=O)/C=C/C[C@@H](CC(=O)C[C@@H](O)CC[C@@H](C)[C@@H](CC(=O)[C@H](OCc1ccc(OC)cc1)[C@H](CCO[Si](C)(C)C(C)(C)C)OCc1ccc(OC)cc1)O[Si](C)(C)C(C)(C)C)OCc1ccc(OC)cc1. The first-order chi connectivity index (χ1) is 33.8. The number of Topliss-reactive ketones (excluding diaryl/α,β-unsaturated/α-hetero) is 2. The lowest BCUT2D eigenvalue weighted by Crippen LogP contribution is -2.48. The second kappa shape index (κ2) is 29.6. The number of carbonyl (C=O) groups excluding carboxylic acids is 3. The van der Waals surface area contributed by atoms with E-state index in [0.29, 0.717) is 38.0 Å². The van der Waals surface area contributed by atoms with E-state index >= 15 is 4.79 Å². The number of benzene rings is 3. The van der Waals surface area contributed by atoms with E-state index in [4.69, 9.17) is 42.0 Å². The van der Waals surface area contributed by atoms with Crippen LogP contribution < -0.4 is 14.2 Å². The highest BCUT2D eigenvalue weighted by molar-refractivity contribution is 6.74. The van der Waals surface area contributed by atoms with Crippen LogP contribution in [0.4, 0.5) is 0 Å². The van der Waals surface area contributed by atoms with Crippen molar-refractivity contribution >= 4 is 34.2 Å². The van der Waals surface area contributed by atoms with Gasteiger partial charge in [0.05, 0.1) is 72.7 Å². The summed E-state index contributed by atoms with van der Waals surface area (Å²) in [5.74, 6) is 1.17. The van der Waals surface area contributed by atoms with Crippen LogP contribution in [0, 0.1) is 5.92 Å². The Kier molecular flexibility index (Phi) is 25.6. The third kappa shape index (κ3) is 21.3. The van der Waals surface area contributed by atoms with Gasteiger partial charge in [0, 0.05) is 31.9 Å². The van der Waals surface area contributed by atoms with Crippen molar-refractivity contribution in [2.24, 2.45) is 5.92 Å². The Morgan fingerprint density at radius 2 is 1.07 bits per heavy atom. The molecular weight excluding hydrogens is 949 g/mol. The van der Waals surface area contributed by atoms with Gasteiger partial charge in [-0.15, -0.1) is 0 Å². The van der Waals surface area contributed by atoms with Gasteiger partial charge in [-0.2, -0.15) is 0 Å². The van der Waals surface area contributed by atoms with Gasteiger partial charge in [-0.25, -0.2) is 4.79 Å². The van der Waals surface area contributed by atoms with Gasteiger partial charge in [0.2, 0.25) is 0 Å². The summed E-state index contributed by atoms with van der Waals surface area (Å²) in [6.07, 6.45) is 0.849. The molecule has 0 saturated heterocycles. The molecule has 3 aromatic rings. The van der Waals surface area contributed by atoms with Crippen molar-refractivity contribution in [1.82, 2.24) is 0 Å². The molecule has 0 unspecified atom stereocenters. The normalized spacial score (nSPS) is 15.1. The van der Waals surface area contributed by atoms with E-state index in [1.807, 2.05) is 79.7 Å². The Balaban J connectivity index is 1.89. The first-order valence-electron chi connectivity index (χ1n) is 25.3. The van der Waals surface area contributed by atoms with E-state index in [1.54, 1.807) is 27.4 Å². The number of ether oxygens (including phenoxy) is 7. The summed E-state index contributed by atoms with van der Waals surface area (Å²) in [7, 11) is 1.54. The van der Waals surface area contributed by atoms with Gasteiger partial charge in [0.1, 0.15) is 29.1 Å². The summed E-state index contributed by atoms with van der Waals surface area (Å²) in [5, 5.41) is 11.2. The Bertz CT molecular complexity index is 2090. The van der Waals surface area contributed by atoms with Crippen molar-refractivity contribution in [2.45, 2.75) is 180 Å². The van der Waals surface area contributed by atoms with Gasteiger partial charge < -0.3 is 47.1 Å². The molecule has 0 amide bonds. The average molecular weight is 1040 g/mol. The van der Waals surface area contributed by atoms with Crippen molar-refractivity contribution in [2.75, 3.05) is 35.0 Å². The summed E-state index contributed by atoms with van der Waals surface area (Å²) in [4.78, 5) is 40.5. The molecule has 0 aromatic heterocycles. The van der Waals surface area contributed by atoms with Crippen LogP contribution in [0.5, 0.6) is 17.2 Å². The molecule has 0 bridgehead atoms. The molecule has 0 fully saturated rings. The van der Waals surface area contributed by atoms with Gasteiger partial charge in [0.15, 0.2) is 22.4 Å². The minimum atomic E-state index is -2.46. The van der Waals surface area contributed by atoms with E-state index in [-0.39, 0.29) is 66.6 Å². The summed E-state index contributed by atoms with van der Waals surface area (Å²) in [5.41, 5.74) is 2.69. The number of hydrogen-bond acceptors (Lipinski definition) is 13. The maximum Gasteiger partial charge on any atom is 0.330 e. The zero-order chi connectivity index (χ0) is 53.7. The van der Waals surface area contributed by atoms with Crippen LogP contribution in [0.3, 0.4) is 0 Å².